The van der Waals surface area contributed by atoms with Crippen molar-refractivity contribution in [2.45, 2.75) is 26.5 Å². The Hall–Kier alpha value is -2.49. The summed E-state index contributed by atoms with van der Waals surface area (Å²) in [5.74, 6) is 0.546. The van der Waals surface area contributed by atoms with Crippen LogP contribution in [0.1, 0.15) is 19.4 Å². The Bertz CT molecular complexity index is 613. The Morgan fingerprint density at radius 1 is 1.09 bits per heavy atom. The third-order valence-electron chi connectivity index (χ3n) is 3.52. The molecule has 0 amide bonds. The minimum absolute atomic E-state index is 0.427. The van der Waals surface area contributed by atoms with E-state index in [9.17, 15) is 4.79 Å². The topological polar surface area (TPSA) is 38.8 Å². The predicted octanol–water partition coefficient (Wildman–Crippen LogP) is 4.25. The molecule has 0 N–H and O–H groups in total. The van der Waals surface area contributed by atoms with Crippen LogP contribution in [0.2, 0.25) is 0 Å². The molecule has 4 heteroatoms. The fraction of sp³-hybridized carbons (Fsp3) is 0.278. The fourth-order valence-corrected chi connectivity index (χ4v) is 2.10. The molecular formula is C18H21NO3. The summed E-state index contributed by atoms with van der Waals surface area (Å²) in [6.45, 7) is 3.82. The average Bonchev–Trinajstić information content (AvgIpc) is 2.55. The standard InChI is InChI=1S/C18H21NO3/c1-4-15-10-8-9-13-17(15)22-18(20)21-14(2)19(3)16-11-6-5-7-12-16/h5-14H,4H2,1-3H3. The van der Waals surface area contributed by atoms with Gasteiger partial charge in [-0.05, 0) is 37.1 Å². The van der Waals surface area contributed by atoms with Crippen LogP contribution in [0.3, 0.4) is 0 Å². The molecule has 116 valence electrons. The van der Waals surface area contributed by atoms with Crippen molar-refractivity contribution in [3.8, 4) is 5.75 Å². The number of rotatable bonds is 5. The molecule has 22 heavy (non-hydrogen) atoms. The first-order chi connectivity index (χ1) is 10.6. The van der Waals surface area contributed by atoms with E-state index in [2.05, 4.69) is 0 Å². The first-order valence-corrected chi connectivity index (χ1v) is 7.36. The van der Waals surface area contributed by atoms with Gasteiger partial charge in [0, 0.05) is 12.7 Å². The van der Waals surface area contributed by atoms with Crippen molar-refractivity contribution in [3.63, 3.8) is 0 Å². The molecule has 0 saturated heterocycles. The molecule has 0 aliphatic heterocycles. The first kappa shape index (κ1) is 15.9. The van der Waals surface area contributed by atoms with Gasteiger partial charge in [-0.3, -0.25) is 0 Å². The van der Waals surface area contributed by atoms with Crippen molar-refractivity contribution < 1.29 is 14.3 Å². The first-order valence-electron chi connectivity index (χ1n) is 7.36. The molecule has 2 rings (SSSR count). The minimum atomic E-state index is -0.698. The molecule has 2 aromatic carbocycles. The highest BCUT2D eigenvalue weighted by Crippen LogP contribution is 2.20. The van der Waals surface area contributed by atoms with Crippen molar-refractivity contribution in [2.24, 2.45) is 0 Å². The number of anilines is 1. The lowest BCUT2D eigenvalue weighted by atomic mass is 10.1. The highest BCUT2D eigenvalue weighted by atomic mass is 16.7. The summed E-state index contributed by atoms with van der Waals surface area (Å²) in [6.07, 6.45) is -0.331. The van der Waals surface area contributed by atoms with Crippen LogP contribution in [-0.4, -0.2) is 19.4 Å². The van der Waals surface area contributed by atoms with Gasteiger partial charge in [0.1, 0.15) is 5.75 Å². The molecule has 0 bridgehead atoms. The lowest BCUT2D eigenvalue weighted by Crippen LogP contribution is -2.34. The van der Waals surface area contributed by atoms with Gasteiger partial charge in [-0.15, -0.1) is 0 Å². The predicted molar refractivity (Wildman–Crippen MR) is 87.2 cm³/mol. The molecule has 0 fully saturated rings. The van der Waals surface area contributed by atoms with Gasteiger partial charge in [-0.2, -0.15) is 0 Å². The number of hydrogen-bond acceptors (Lipinski definition) is 4. The lowest BCUT2D eigenvalue weighted by molar-refractivity contribution is 0.0659. The zero-order chi connectivity index (χ0) is 15.9. The summed E-state index contributed by atoms with van der Waals surface area (Å²) in [5, 5.41) is 0. The smallest absolute Gasteiger partial charge is 0.410 e. The summed E-state index contributed by atoms with van der Waals surface area (Å²) in [4.78, 5) is 13.8. The van der Waals surface area contributed by atoms with E-state index in [1.807, 2.05) is 67.4 Å². The van der Waals surface area contributed by atoms with E-state index in [1.54, 1.807) is 13.0 Å². The Kier molecular flexibility index (Phi) is 5.42. The van der Waals surface area contributed by atoms with Gasteiger partial charge in [0.25, 0.3) is 0 Å². The number of carbonyl (C=O) groups excluding carboxylic acids is 1. The monoisotopic (exact) mass is 299 g/mol. The molecular weight excluding hydrogens is 278 g/mol. The molecule has 0 radical (unpaired) electrons. The maximum absolute atomic E-state index is 12.0. The number of benzene rings is 2. The number of carbonyl (C=O) groups is 1. The Morgan fingerprint density at radius 2 is 1.73 bits per heavy atom. The van der Waals surface area contributed by atoms with Crippen molar-refractivity contribution >= 4 is 11.8 Å². The van der Waals surface area contributed by atoms with Crippen LogP contribution in [-0.2, 0) is 11.2 Å². The quantitative estimate of drug-likeness (QED) is 0.470. The molecule has 0 heterocycles. The Balaban J connectivity index is 1.97. The van der Waals surface area contributed by atoms with E-state index in [1.165, 1.54) is 0 Å². The van der Waals surface area contributed by atoms with Gasteiger partial charge < -0.3 is 14.4 Å². The highest BCUT2D eigenvalue weighted by Gasteiger charge is 2.17. The van der Waals surface area contributed by atoms with Gasteiger partial charge in [0.15, 0.2) is 6.23 Å². The van der Waals surface area contributed by atoms with Crippen molar-refractivity contribution in [3.05, 3.63) is 60.2 Å². The van der Waals surface area contributed by atoms with Crippen LogP contribution in [0, 0.1) is 0 Å². The molecule has 2 aromatic rings. The Morgan fingerprint density at radius 3 is 2.41 bits per heavy atom. The summed E-state index contributed by atoms with van der Waals surface area (Å²) >= 11 is 0. The van der Waals surface area contributed by atoms with Crippen LogP contribution in [0.5, 0.6) is 5.75 Å². The Labute approximate surface area is 131 Å². The van der Waals surface area contributed by atoms with Crippen molar-refractivity contribution in [2.75, 3.05) is 11.9 Å². The highest BCUT2D eigenvalue weighted by molar-refractivity contribution is 5.65. The van der Waals surface area contributed by atoms with Gasteiger partial charge >= 0.3 is 6.16 Å². The summed E-state index contributed by atoms with van der Waals surface area (Å²) in [7, 11) is 1.87. The molecule has 0 saturated carbocycles. The molecule has 0 aromatic heterocycles. The summed E-state index contributed by atoms with van der Waals surface area (Å²) < 4.78 is 10.6. The summed E-state index contributed by atoms with van der Waals surface area (Å²) in [6, 6.07) is 17.2. The van der Waals surface area contributed by atoms with Crippen LogP contribution >= 0.6 is 0 Å². The largest absolute Gasteiger partial charge is 0.515 e. The van der Waals surface area contributed by atoms with Gasteiger partial charge in [-0.1, -0.05) is 43.3 Å². The van der Waals surface area contributed by atoms with Gasteiger partial charge in [-0.25, -0.2) is 4.79 Å². The van der Waals surface area contributed by atoms with Crippen LogP contribution in [0.15, 0.2) is 54.6 Å². The zero-order valence-electron chi connectivity index (χ0n) is 13.2. The molecule has 1 atom stereocenters. The van der Waals surface area contributed by atoms with Crippen LogP contribution in [0.25, 0.3) is 0 Å². The normalized spacial score (nSPS) is 11.6. The molecule has 4 nitrogen and oxygen atoms in total. The second-order valence-electron chi connectivity index (χ2n) is 4.98. The van der Waals surface area contributed by atoms with Gasteiger partial charge in [0.05, 0.1) is 0 Å². The number of hydrogen-bond donors (Lipinski definition) is 0. The van der Waals surface area contributed by atoms with E-state index in [4.69, 9.17) is 9.47 Å². The van der Waals surface area contributed by atoms with E-state index in [0.717, 1.165) is 17.7 Å². The third kappa shape index (κ3) is 4.01. The number of para-hydroxylation sites is 2. The van der Waals surface area contributed by atoms with E-state index < -0.39 is 12.4 Å². The number of ether oxygens (including phenoxy) is 2. The lowest BCUT2D eigenvalue weighted by Gasteiger charge is -2.26. The zero-order valence-corrected chi connectivity index (χ0v) is 13.2. The van der Waals surface area contributed by atoms with E-state index in [0.29, 0.717) is 5.75 Å². The molecule has 0 aliphatic carbocycles. The molecule has 1 unspecified atom stereocenters. The van der Waals surface area contributed by atoms with E-state index in [-0.39, 0.29) is 0 Å². The third-order valence-corrected chi connectivity index (χ3v) is 3.52. The average molecular weight is 299 g/mol. The minimum Gasteiger partial charge on any atom is -0.410 e. The van der Waals surface area contributed by atoms with Crippen molar-refractivity contribution in [1.82, 2.24) is 0 Å². The second kappa shape index (κ2) is 7.50. The van der Waals surface area contributed by atoms with E-state index >= 15 is 0 Å². The summed E-state index contributed by atoms with van der Waals surface area (Å²) in [5.41, 5.74) is 1.94. The SMILES string of the molecule is CCc1ccccc1OC(=O)OC(C)N(C)c1ccccc1. The maximum atomic E-state index is 12.0. The van der Waals surface area contributed by atoms with Gasteiger partial charge in [0.2, 0.25) is 0 Å². The van der Waals surface area contributed by atoms with Crippen LogP contribution in [0.4, 0.5) is 10.5 Å². The van der Waals surface area contributed by atoms with Crippen molar-refractivity contribution in [1.29, 1.82) is 0 Å². The molecule has 0 spiro atoms. The number of nitrogens with zero attached hydrogens (tertiary/aromatic N) is 1. The number of aryl methyl sites for hydroxylation is 1. The maximum Gasteiger partial charge on any atom is 0.515 e. The van der Waals surface area contributed by atoms with Crippen LogP contribution < -0.4 is 9.64 Å². The fourth-order valence-electron chi connectivity index (χ4n) is 2.10. The second-order valence-corrected chi connectivity index (χ2v) is 4.98. The molecule has 0 aliphatic rings.